The van der Waals surface area contributed by atoms with Crippen molar-refractivity contribution in [3.8, 4) is 0 Å². The van der Waals surface area contributed by atoms with Crippen LogP contribution in [0.25, 0.3) is 0 Å². The molecule has 0 atom stereocenters. The van der Waals surface area contributed by atoms with Gasteiger partial charge in [0, 0.05) is 10.4 Å². The number of benzene rings is 1. The van der Waals surface area contributed by atoms with Gasteiger partial charge < -0.3 is 10.4 Å². The molecule has 5 heteroatoms. The van der Waals surface area contributed by atoms with Crippen LogP contribution in [0.4, 0.5) is 0 Å². The van der Waals surface area contributed by atoms with Crippen LogP contribution in [-0.4, -0.2) is 28.3 Å². The molecule has 1 aromatic rings. The van der Waals surface area contributed by atoms with Gasteiger partial charge in [-0.3, -0.25) is 4.79 Å². The second-order valence-electron chi connectivity index (χ2n) is 4.89. The van der Waals surface area contributed by atoms with E-state index < -0.39 is 5.97 Å². The lowest BCUT2D eigenvalue weighted by atomic mass is 10.1. The molecule has 2 N–H and O–H groups in total. The summed E-state index contributed by atoms with van der Waals surface area (Å²) in [6.07, 6.45) is 0. The molecule has 0 saturated carbocycles. The third-order valence-corrected chi connectivity index (χ3v) is 3.06. The highest BCUT2D eigenvalue weighted by Crippen LogP contribution is 2.22. The fourth-order valence-corrected chi connectivity index (χ4v) is 2.21. The maximum Gasteiger partial charge on any atom is 0.336 e. The van der Waals surface area contributed by atoms with Gasteiger partial charge in [-0.1, -0.05) is 12.1 Å². The van der Waals surface area contributed by atoms with Crippen molar-refractivity contribution in [2.45, 2.75) is 31.2 Å². The number of amides is 1. The highest BCUT2D eigenvalue weighted by molar-refractivity contribution is 8.00. The maximum absolute atomic E-state index is 11.6. The SMILES string of the molecule is CC(C)(C)NC(=O)CSc1ccccc1C(=O)O. The second-order valence-corrected chi connectivity index (χ2v) is 5.91. The van der Waals surface area contributed by atoms with Crippen molar-refractivity contribution in [2.24, 2.45) is 0 Å². The van der Waals surface area contributed by atoms with Crippen LogP contribution in [0.3, 0.4) is 0 Å². The van der Waals surface area contributed by atoms with Crippen LogP contribution < -0.4 is 5.32 Å². The largest absolute Gasteiger partial charge is 0.478 e. The Balaban J connectivity index is 2.64. The first-order chi connectivity index (χ1) is 8.29. The molecule has 0 aromatic heterocycles. The Morgan fingerprint density at radius 3 is 2.44 bits per heavy atom. The molecule has 0 saturated heterocycles. The lowest BCUT2D eigenvalue weighted by Gasteiger charge is -2.20. The molecule has 0 unspecified atom stereocenters. The number of nitrogens with one attached hydrogen (secondary N) is 1. The summed E-state index contributed by atoms with van der Waals surface area (Å²) in [5.74, 6) is -0.872. The van der Waals surface area contributed by atoms with Gasteiger partial charge in [0.1, 0.15) is 0 Å². The van der Waals surface area contributed by atoms with Gasteiger partial charge in [0.25, 0.3) is 0 Å². The fourth-order valence-electron chi connectivity index (χ4n) is 1.37. The molecule has 98 valence electrons. The van der Waals surface area contributed by atoms with Crippen molar-refractivity contribution < 1.29 is 14.7 Å². The van der Waals surface area contributed by atoms with E-state index in [9.17, 15) is 9.59 Å². The standard InChI is InChI=1S/C13H17NO3S/c1-13(2,3)14-11(15)8-18-10-7-5-4-6-9(10)12(16)17/h4-7H,8H2,1-3H3,(H,14,15)(H,16,17). The van der Waals surface area contributed by atoms with Crippen LogP contribution >= 0.6 is 11.8 Å². The summed E-state index contributed by atoms with van der Waals surface area (Å²) in [7, 11) is 0. The molecule has 0 aliphatic heterocycles. The normalized spacial score (nSPS) is 11.1. The monoisotopic (exact) mass is 267 g/mol. The summed E-state index contributed by atoms with van der Waals surface area (Å²) >= 11 is 1.23. The fraction of sp³-hybridized carbons (Fsp3) is 0.385. The molecule has 0 aliphatic carbocycles. The van der Waals surface area contributed by atoms with E-state index in [1.54, 1.807) is 18.2 Å². The zero-order valence-electron chi connectivity index (χ0n) is 10.7. The maximum atomic E-state index is 11.6. The van der Waals surface area contributed by atoms with E-state index in [2.05, 4.69) is 5.32 Å². The molecule has 1 amide bonds. The van der Waals surface area contributed by atoms with Gasteiger partial charge in [0.2, 0.25) is 5.91 Å². The minimum absolute atomic E-state index is 0.104. The van der Waals surface area contributed by atoms with E-state index in [1.807, 2.05) is 20.8 Å². The summed E-state index contributed by atoms with van der Waals surface area (Å²) in [6, 6.07) is 6.67. The van der Waals surface area contributed by atoms with Crippen molar-refractivity contribution in [2.75, 3.05) is 5.75 Å². The third-order valence-electron chi connectivity index (χ3n) is 1.99. The van der Waals surface area contributed by atoms with Gasteiger partial charge in [0.05, 0.1) is 11.3 Å². The summed E-state index contributed by atoms with van der Waals surface area (Å²) < 4.78 is 0. The number of rotatable bonds is 4. The lowest BCUT2D eigenvalue weighted by molar-refractivity contribution is -0.119. The summed E-state index contributed by atoms with van der Waals surface area (Å²) in [5, 5.41) is 11.8. The molecule has 1 aromatic carbocycles. The zero-order valence-corrected chi connectivity index (χ0v) is 11.5. The second kappa shape index (κ2) is 5.91. The predicted molar refractivity (Wildman–Crippen MR) is 72.0 cm³/mol. The van der Waals surface area contributed by atoms with E-state index in [0.717, 1.165) is 0 Å². The average Bonchev–Trinajstić information content (AvgIpc) is 2.24. The smallest absolute Gasteiger partial charge is 0.336 e. The van der Waals surface area contributed by atoms with Gasteiger partial charge >= 0.3 is 5.97 Å². The van der Waals surface area contributed by atoms with Crippen LogP contribution in [0.1, 0.15) is 31.1 Å². The summed E-state index contributed by atoms with van der Waals surface area (Å²) in [6.45, 7) is 5.71. The molecule has 0 bridgehead atoms. The van der Waals surface area contributed by atoms with E-state index in [-0.39, 0.29) is 22.8 Å². The molecular weight excluding hydrogens is 250 g/mol. The van der Waals surface area contributed by atoms with Crippen molar-refractivity contribution >= 4 is 23.6 Å². The van der Waals surface area contributed by atoms with E-state index in [1.165, 1.54) is 17.8 Å². The molecule has 0 fully saturated rings. The molecule has 4 nitrogen and oxygen atoms in total. The van der Waals surface area contributed by atoms with Crippen molar-refractivity contribution in [1.82, 2.24) is 5.32 Å². The number of thioether (sulfide) groups is 1. The number of carbonyl (C=O) groups is 2. The first kappa shape index (κ1) is 14.6. The Bertz CT molecular complexity index is 452. The highest BCUT2D eigenvalue weighted by Gasteiger charge is 2.15. The minimum atomic E-state index is -0.977. The highest BCUT2D eigenvalue weighted by atomic mass is 32.2. The van der Waals surface area contributed by atoms with Crippen LogP contribution in [0, 0.1) is 0 Å². The number of carboxylic acids is 1. The molecular formula is C13H17NO3S. The van der Waals surface area contributed by atoms with E-state index >= 15 is 0 Å². The number of hydrogen-bond acceptors (Lipinski definition) is 3. The summed E-state index contributed by atoms with van der Waals surface area (Å²) in [4.78, 5) is 23.2. The molecule has 0 aliphatic rings. The van der Waals surface area contributed by atoms with E-state index in [0.29, 0.717) is 4.90 Å². The summed E-state index contributed by atoms with van der Waals surface area (Å²) in [5.41, 5.74) is -0.0460. The molecule has 0 spiro atoms. The Hall–Kier alpha value is -1.49. The molecule has 18 heavy (non-hydrogen) atoms. The first-order valence-corrected chi connectivity index (χ1v) is 6.54. The quantitative estimate of drug-likeness (QED) is 0.822. The predicted octanol–water partition coefficient (Wildman–Crippen LogP) is 2.39. The first-order valence-electron chi connectivity index (χ1n) is 5.56. The van der Waals surface area contributed by atoms with Gasteiger partial charge in [0.15, 0.2) is 0 Å². The van der Waals surface area contributed by atoms with Crippen molar-refractivity contribution in [3.63, 3.8) is 0 Å². The van der Waals surface area contributed by atoms with Crippen LogP contribution in [0.5, 0.6) is 0 Å². The minimum Gasteiger partial charge on any atom is -0.478 e. The Morgan fingerprint density at radius 1 is 1.28 bits per heavy atom. The molecule has 0 heterocycles. The van der Waals surface area contributed by atoms with Gasteiger partial charge in [-0.05, 0) is 32.9 Å². The Morgan fingerprint density at radius 2 is 1.89 bits per heavy atom. The lowest BCUT2D eigenvalue weighted by Crippen LogP contribution is -2.41. The Labute approximate surface area is 111 Å². The van der Waals surface area contributed by atoms with Crippen molar-refractivity contribution in [1.29, 1.82) is 0 Å². The Kier molecular flexibility index (Phi) is 4.78. The van der Waals surface area contributed by atoms with E-state index in [4.69, 9.17) is 5.11 Å². The van der Waals surface area contributed by atoms with Gasteiger partial charge in [-0.15, -0.1) is 11.8 Å². The third kappa shape index (κ3) is 4.79. The topological polar surface area (TPSA) is 66.4 Å². The van der Waals surface area contributed by atoms with Crippen LogP contribution in [-0.2, 0) is 4.79 Å². The molecule has 0 radical (unpaired) electrons. The zero-order chi connectivity index (χ0) is 13.8. The number of aromatic carboxylic acids is 1. The van der Waals surface area contributed by atoms with Crippen LogP contribution in [0.15, 0.2) is 29.2 Å². The van der Waals surface area contributed by atoms with Crippen molar-refractivity contribution in [3.05, 3.63) is 29.8 Å². The van der Waals surface area contributed by atoms with Crippen LogP contribution in [0.2, 0.25) is 0 Å². The number of carbonyl (C=O) groups excluding carboxylic acids is 1. The molecule has 1 rings (SSSR count). The van der Waals surface area contributed by atoms with Gasteiger partial charge in [-0.25, -0.2) is 4.79 Å². The number of carboxylic acid groups (broad SMARTS) is 1. The average molecular weight is 267 g/mol. The van der Waals surface area contributed by atoms with Gasteiger partial charge in [-0.2, -0.15) is 0 Å². The number of hydrogen-bond donors (Lipinski definition) is 2.